The lowest BCUT2D eigenvalue weighted by Crippen LogP contribution is -2.26. The van der Waals surface area contributed by atoms with E-state index in [2.05, 4.69) is 5.32 Å². The zero-order valence-electron chi connectivity index (χ0n) is 14.2. The summed E-state index contributed by atoms with van der Waals surface area (Å²) >= 11 is 0. The first kappa shape index (κ1) is 18.3. The normalized spacial score (nSPS) is 17.7. The molecule has 6 heteroatoms. The minimum Gasteiger partial charge on any atom is -0.312 e. The zero-order chi connectivity index (χ0) is 17.4. The van der Waals surface area contributed by atoms with E-state index >= 15 is 0 Å². The van der Waals surface area contributed by atoms with Gasteiger partial charge < -0.3 is 5.32 Å². The predicted molar refractivity (Wildman–Crippen MR) is 97.0 cm³/mol. The van der Waals surface area contributed by atoms with Gasteiger partial charge in [0.15, 0.2) is 0 Å². The lowest BCUT2D eigenvalue weighted by atomic mass is 10.2. The van der Waals surface area contributed by atoms with Gasteiger partial charge in [0, 0.05) is 6.04 Å². The van der Waals surface area contributed by atoms with Crippen LogP contribution >= 0.6 is 7.82 Å². The third kappa shape index (κ3) is 6.07. The molecule has 1 aliphatic heterocycles. The first-order valence-electron chi connectivity index (χ1n) is 8.58. The number of hydrogen-bond donors (Lipinski definition) is 1. The van der Waals surface area contributed by atoms with Crippen LogP contribution < -0.4 is 5.32 Å². The van der Waals surface area contributed by atoms with Gasteiger partial charge in [-0.2, -0.15) is 0 Å². The molecule has 0 aliphatic carbocycles. The largest absolute Gasteiger partial charge is 0.475 e. The molecule has 2 aromatic carbocycles. The van der Waals surface area contributed by atoms with Gasteiger partial charge >= 0.3 is 7.82 Å². The van der Waals surface area contributed by atoms with E-state index in [1.165, 1.54) is 0 Å². The topological polar surface area (TPSA) is 56.8 Å². The van der Waals surface area contributed by atoms with Crippen molar-refractivity contribution in [3.05, 3.63) is 71.8 Å². The molecule has 0 amide bonds. The summed E-state index contributed by atoms with van der Waals surface area (Å²) in [7, 11) is -3.64. The minimum atomic E-state index is -3.64. The summed E-state index contributed by atoms with van der Waals surface area (Å²) in [6.45, 7) is 1.66. The molecule has 0 unspecified atom stereocenters. The fraction of sp³-hybridized carbons (Fsp3) is 0.368. The Kier molecular flexibility index (Phi) is 6.79. The van der Waals surface area contributed by atoms with Gasteiger partial charge in [0.2, 0.25) is 0 Å². The van der Waals surface area contributed by atoms with Crippen LogP contribution in [0.1, 0.15) is 24.0 Å². The summed E-state index contributed by atoms with van der Waals surface area (Å²) in [4.78, 5) is 0. The van der Waals surface area contributed by atoms with E-state index in [0.717, 1.165) is 30.5 Å². The molecule has 1 heterocycles. The molecule has 134 valence electrons. The van der Waals surface area contributed by atoms with Crippen molar-refractivity contribution in [1.82, 2.24) is 5.32 Å². The van der Waals surface area contributed by atoms with Gasteiger partial charge in [0.25, 0.3) is 0 Å². The Bertz CT molecular complexity index is 627. The summed E-state index contributed by atoms with van der Waals surface area (Å²) in [5.41, 5.74) is 1.85. The molecule has 1 aliphatic rings. The van der Waals surface area contributed by atoms with Crippen LogP contribution in [0.5, 0.6) is 0 Å². The van der Waals surface area contributed by atoms with Crippen LogP contribution in [0.2, 0.25) is 0 Å². The maximum atomic E-state index is 13.0. The number of phosphoric acid groups is 1. The Balaban J connectivity index is 1.60. The van der Waals surface area contributed by atoms with E-state index in [0.29, 0.717) is 6.61 Å². The smallest absolute Gasteiger partial charge is 0.312 e. The van der Waals surface area contributed by atoms with E-state index in [1.54, 1.807) is 0 Å². The molecule has 5 nitrogen and oxygen atoms in total. The van der Waals surface area contributed by atoms with Crippen molar-refractivity contribution >= 4 is 7.82 Å². The number of phosphoric ester groups is 1. The average molecular weight is 361 g/mol. The SMILES string of the molecule is O=P(OCc1ccccc1)(OCc1ccccc1)OC[C@@H]1CCCN1. The summed E-state index contributed by atoms with van der Waals surface area (Å²) in [5.74, 6) is 0. The summed E-state index contributed by atoms with van der Waals surface area (Å²) in [5, 5.41) is 3.32. The van der Waals surface area contributed by atoms with Gasteiger partial charge in [-0.05, 0) is 30.5 Å². The Labute approximate surface area is 148 Å². The number of hydrogen-bond acceptors (Lipinski definition) is 5. The van der Waals surface area contributed by atoms with Crippen LogP contribution in [0.4, 0.5) is 0 Å². The molecule has 1 fully saturated rings. The van der Waals surface area contributed by atoms with Gasteiger partial charge in [-0.25, -0.2) is 4.57 Å². The average Bonchev–Trinajstić information content (AvgIpc) is 3.19. The van der Waals surface area contributed by atoms with Crippen molar-refractivity contribution in [2.75, 3.05) is 13.2 Å². The molecule has 0 bridgehead atoms. The lowest BCUT2D eigenvalue weighted by Gasteiger charge is -2.20. The molecule has 25 heavy (non-hydrogen) atoms. The molecule has 0 radical (unpaired) electrons. The standard InChI is InChI=1S/C19H24NO4P/c21-25(24-16-19-12-7-13-20-19,22-14-17-8-3-1-4-9-17)23-15-18-10-5-2-6-11-18/h1-6,8-11,19-20H,7,12-16H2/t19-/m0/s1. The van der Waals surface area contributed by atoms with Gasteiger partial charge in [-0.1, -0.05) is 60.7 Å². The highest BCUT2D eigenvalue weighted by atomic mass is 31.2. The lowest BCUT2D eigenvalue weighted by molar-refractivity contribution is 0.0967. The molecule has 1 N–H and O–H groups in total. The molecule has 1 saturated heterocycles. The van der Waals surface area contributed by atoms with Gasteiger partial charge in [0.1, 0.15) is 0 Å². The van der Waals surface area contributed by atoms with E-state index in [1.807, 2.05) is 60.7 Å². The van der Waals surface area contributed by atoms with Crippen molar-refractivity contribution in [1.29, 1.82) is 0 Å². The van der Waals surface area contributed by atoms with Gasteiger partial charge in [-0.15, -0.1) is 0 Å². The molecule has 3 rings (SSSR count). The van der Waals surface area contributed by atoms with Crippen LogP contribution in [0, 0.1) is 0 Å². The fourth-order valence-corrected chi connectivity index (χ4v) is 3.85. The van der Waals surface area contributed by atoms with E-state index in [4.69, 9.17) is 13.6 Å². The number of benzene rings is 2. The van der Waals surface area contributed by atoms with Gasteiger partial charge in [-0.3, -0.25) is 13.6 Å². The number of rotatable bonds is 9. The zero-order valence-corrected chi connectivity index (χ0v) is 15.1. The van der Waals surface area contributed by atoms with Crippen molar-refractivity contribution < 1.29 is 18.1 Å². The van der Waals surface area contributed by atoms with Crippen molar-refractivity contribution in [2.24, 2.45) is 0 Å². The Morgan fingerprint density at radius 2 is 1.44 bits per heavy atom. The highest BCUT2D eigenvalue weighted by molar-refractivity contribution is 7.48. The van der Waals surface area contributed by atoms with E-state index in [-0.39, 0.29) is 19.3 Å². The van der Waals surface area contributed by atoms with Crippen molar-refractivity contribution in [2.45, 2.75) is 32.1 Å². The van der Waals surface area contributed by atoms with Crippen LogP contribution in [0.3, 0.4) is 0 Å². The van der Waals surface area contributed by atoms with Crippen LogP contribution in [0.15, 0.2) is 60.7 Å². The second kappa shape index (κ2) is 9.27. The van der Waals surface area contributed by atoms with E-state index in [9.17, 15) is 4.57 Å². The third-order valence-electron chi connectivity index (χ3n) is 4.06. The van der Waals surface area contributed by atoms with Crippen LogP contribution in [-0.2, 0) is 31.4 Å². The third-order valence-corrected chi connectivity index (χ3v) is 5.42. The maximum Gasteiger partial charge on any atom is 0.475 e. The predicted octanol–water partition coefficient (Wildman–Crippen LogP) is 4.30. The quantitative estimate of drug-likeness (QED) is 0.675. The molecule has 1 atom stereocenters. The summed E-state index contributed by atoms with van der Waals surface area (Å²) in [6.07, 6.45) is 2.12. The Morgan fingerprint density at radius 1 is 0.880 bits per heavy atom. The van der Waals surface area contributed by atoms with Crippen molar-refractivity contribution in [3.8, 4) is 0 Å². The summed E-state index contributed by atoms with van der Waals surface area (Å²) in [6, 6.07) is 19.4. The molecule has 0 saturated carbocycles. The Morgan fingerprint density at radius 3 is 1.92 bits per heavy atom. The first-order valence-corrected chi connectivity index (χ1v) is 10.0. The number of nitrogens with one attached hydrogen (secondary N) is 1. The molecule has 2 aromatic rings. The highest BCUT2D eigenvalue weighted by Gasteiger charge is 2.29. The highest BCUT2D eigenvalue weighted by Crippen LogP contribution is 2.51. The maximum absolute atomic E-state index is 13.0. The summed E-state index contributed by atoms with van der Waals surface area (Å²) < 4.78 is 29.8. The molecule has 0 spiro atoms. The fourth-order valence-electron chi connectivity index (χ4n) is 2.65. The molecule has 0 aromatic heterocycles. The monoisotopic (exact) mass is 361 g/mol. The first-order chi connectivity index (χ1) is 12.2. The molecular formula is C19H24NO4P. The van der Waals surface area contributed by atoms with E-state index < -0.39 is 7.82 Å². The Hall–Kier alpha value is -1.49. The van der Waals surface area contributed by atoms with Crippen molar-refractivity contribution in [3.63, 3.8) is 0 Å². The van der Waals surface area contributed by atoms with Crippen LogP contribution in [0.25, 0.3) is 0 Å². The minimum absolute atomic E-state index is 0.186. The second-order valence-electron chi connectivity index (χ2n) is 6.05. The molecular weight excluding hydrogens is 337 g/mol. The van der Waals surface area contributed by atoms with Crippen LogP contribution in [-0.4, -0.2) is 19.2 Å². The second-order valence-corrected chi connectivity index (χ2v) is 7.72. The van der Waals surface area contributed by atoms with Gasteiger partial charge in [0.05, 0.1) is 19.8 Å².